The Kier molecular flexibility index (Phi) is 7.58. The number of aromatic nitrogens is 2. The zero-order valence-electron chi connectivity index (χ0n) is 16.0. The highest BCUT2D eigenvalue weighted by atomic mass is 32.2. The molecule has 1 unspecified atom stereocenters. The standard InChI is InChI=1S/C20H23N3O2S3/c1-13(2)16-8-6-15(7-9-16)12-26-19-22-23-20(28-19)27-14(3)18(24)21-11-17-5-4-10-25-17/h4-10,13-14H,11-12H2,1-3H3,(H,21,24). The minimum absolute atomic E-state index is 0.0453. The molecule has 3 aromatic rings. The van der Waals surface area contributed by atoms with Crippen molar-refractivity contribution in [1.82, 2.24) is 15.5 Å². The quantitative estimate of drug-likeness (QED) is 0.459. The molecule has 0 bridgehead atoms. The number of amides is 1. The first kappa shape index (κ1) is 21.0. The number of thioether (sulfide) groups is 2. The van der Waals surface area contributed by atoms with E-state index in [1.54, 1.807) is 24.1 Å². The average molecular weight is 434 g/mol. The van der Waals surface area contributed by atoms with E-state index in [4.69, 9.17) is 4.42 Å². The SMILES string of the molecule is CC(Sc1nnc(SCc2ccc(C(C)C)cc2)s1)C(=O)NCc1ccco1. The van der Waals surface area contributed by atoms with E-state index in [0.717, 1.165) is 20.2 Å². The number of carbonyl (C=O) groups is 1. The van der Waals surface area contributed by atoms with Crippen molar-refractivity contribution in [3.05, 3.63) is 59.5 Å². The highest BCUT2D eigenvalue weighted by Gasteiger charge is 2.17. The summed E-state index contributed by atoms with van der Waals surface area (Å²) in [6.45, 7) is 6.65. The molecule has 0 spiro atoms. The fraction of sp³-hybridized carbons (Fsp3) is 0.350. The van der Waals surface area contributed by atoms with E-state index in [1.807, 2.05) is 13.0 Å². The van der Waals surface area contributed by atoms with Gasteiger partial charge in [-0.2, -0.15) is 0 Å². The van der Waals surface area contributed by atoms with Crippen LogP contribution in [0.1, 0.15) is 43.6 Å². The Morgan fingerprint density at radius 2 is 1.89 bits per heavy atom. The zero-order valence-corrected chi connectivity index (χ0v) is 18.5. The summed E-state index contributed by atoms with van der Waals surface area (Å²) in [5.41, 5.74) is 2.62. The van der Waals surface area contributed by atoms with E-state index < -0.39 is 0 Å². The summed E-state index contributed by atoms with van der Waals surface area (Å²) in [6.07, 6.45) is 1.60. The van der Waals surface area contributed by atoms with Crippen molar-refractivity contribution in [2.24, 2.45) is 0 Å². The molecule has 148 valence electrons. The van der Waals surface area contributed by atoms with Gasteiger partial charge in [0.1, 0.15) is 5.76 Å². The third-order valence-corrected chi connectivity index (χ3v) is 7.37. The molecule has 3 rings (SSSR count). The second kappa shape index (κ2) is 10.1. The van der Waals surface area contributed by atoms with Crippen LogP contribution in [0.4, 0.5) is 0 Å². The molecule has 1 amide bonds. The van der Waals surface area contributed by atoms with E-state index in [1.165, 1.54) is 34.2 Å². The van der Waals surface area contributed by atoms with Gasteiger partial charge in [0.2, 0.25) is 5.91 Å². The summed E-state index contributed by atoms with van der Waals surface area (Å²) in [6, 6.07) is 12.4. The predicted octanol–water partition coefficient (Wildman–Crippen LogP) is 5.34. The molecule has 1 N–H and O–H groups in total. The van der Waals surface area contributed by atoms with Crippen LogP contribution in [-0.2, 0) is 17.1 Å². The molecule has 8 heteroatoms. The molecule has 0 aliphatic carbocycles. The van der Waals surface area contributed by atoms with Gasteiger partial charge in [-0.1, -0.05) is 73.0 Å². The van der Waals surface area contributed by atoms with Crippen LogP contribution in [0.2, 0.25) is 0 Å². The first-order valence-corrected chi connectivity index (χ1v) is 11.7. The van der Waals surface area contributed by atoms with Gasteiger partial charge >= 0.3 is 0 Å². The molecule has 1 aromatic carbocycles. The Labute approximate surface area is 177 Å². The molecule has 5 nitrogen and oxygen atoms in total. The van der Waals surface area contributed by atoms with Gasteiger partial charge in [-0.05, 0) is 36.1 Å². The number of hydrogen-bond donors (Lipinski definition) is 1. The van der Waals surface area contributed by atoms with Crippen molar-refractivity contribution in [3.63, 3.8) is 0 Å². The van der Waals surface area contributed by atoms with Crippen molar-refractivity contribution in [1.29, 1.82) is 0 Å². The van der Waals surface area contributed by atoms with Crippen molar-refractivity contribution in [2.75, 3.05) is 0 Å². The minimum atomic E-state index is -0.246. The van der Waals surface area contributed by atoms with Crippen LogP contribution in [0.5, 0.6) is 0 Å². The lowest BCUT2D eigenvalue weighted by Crippen LogP contribution is -2.30. The lowest BCUT2D eigenvalue weighted by Gasteiger charge is -2.08. The van der Waals surface area contributed by atoms with Crippen LogP contribution in [0.15, 0.2) is 55.8 Å². The van der Waals surface area contributed by atoms with Crippen LogP contribution < -0.4 is 5.32 Å². The van der Waals surface area contributed by atoms with Crippen LogP contribution in [-0.4, -0.2) is 21.4 Å². The van der Waals surface area contributed by atoms with Crippen molar-refractivity contribution in [3.8, 4) is 0 Å². The molecular weight excluding hydrogens is 410 g/mol. The zero-order chi connectivity index (χ0) is 19.9. The highest BCUT2D eigenvalue weighted by molar-refractivity contribution is 8.03. The monoisotopic (exact) mass is 433 g/mol. The van der Waals surface area contributed by atoms with Crippen molar-refractivity contribution >= 4 is 40.8 Å². The number of nitrogens with zero attached hydrogens (tertiary/aromatic N) is 2. The summed E-state index contributed by atoms with van der Waals surface area (Å²) < 4.78 is 6.94. The number of carbonyl (C=O) groups excluding carboxylic acids is 1. The molecule has 0 radical (unpaired) electrons. The molecule has 2 aromatic heterocycles. The predicted molar refractivity (Wildman–Crippen MR) is 116 cm³/mol. The van der Waals surface area contributed by atoms with Gasteiger partial charge in [0.05, 0.1) is 18.1 Å². The van der Waals surface area contributed by atoms with Crippen LogP contribution in [0.3, 0.4) is 0 Å². The Morgan fingerprint density at radius 1 is 1.14 bits per heavy atom. The topological polar surface area (TPSA) is 68.0 Å². The second-order valence-corrected chi connectivity index (χ2v) is 10.4. The van der Waals surface area contributed by atoms with Gasteiger partial charge in [0, 0.05) is 5.75 Å². The number of nitrogens with one attached hydrogen (secondary N) is 1. The Bertz CT molecular complexity index is 877. The Balaban J connectivity index is 1.45. The summed E-state index contributed by atoms with van der Waals surface area (Å²) >= 11 is 4.62. The van der Waals surface area contributed by atoms with Gasteiger partial charge < -0.3 is 9.73 Å². The van der Waals surface area contributed by atoms with Crippen LogP contribution >= 0.6 is 34.9 Å². The molecule has 0 saturated carbocycles. The molecule has 0 fully saturated rings. The van der Waals surface area contributed by atoms with Crippen molar-refractivity contribution in [2.45, 2.75) is 52.9 Å². The summed E-state index contributed by atoms with van der Waals surface area (Å²) in [7, 11) is 0. The lowest BCUT2D eigenvalue weighted by molar-refractivity contribution is -0.120. The maximum atomic E-state index is 12.2. The molecule has 2 heterocycles. The number of furan rings is 1. The van der Waals surface area contributed by atoms with Gasteiger partial charge in [0.25, 0.3) is 0 Å². The lowest BCUT2D eigenvalue weighted by atomic mass is 10.0. The third kappa shape index (κ3) is 6.12. The molecule has 0 saturated heterocycles. The van der Waals surface area contributed by atoms with Gasteiger partial charge in [-0.25, -0.2) is 0 Å². The Hall–Kier alpha value is -1.77. The fourth-order valence-electron chi connectivity index (χ4n) is 2.38. The summed E-state index contributed by atoms with van der Waals surface area (Å²) in [4.78, 5) is 12.2. The largest absolute Gasteiger partial charge is 0.467 e. The van der Waals surface area contributed by atoms with Crippen molar-refractivity contribution < 1.29 is 9.21 Å². The molecule has 0 aliphatic heterocycles. The number of benzene rings is 1. The molecular formula is C20H23N3O2S3. The first-order chi connectivity index (χ1) is 13.5. The van der Waals surface area contributed by atoms with Crippen LogP contribution in [0.25, 0.3) is 0 Å². The van der Waals surface area contributed by atoms with E-state index >= 15 is 0 Å². The fourth-order valence-corrected chi connectivity index (χ4v) is 5.53. The number of rotatable bonds is 9. The van der Waals surface area contributed by atoms with Gasteiger partial charge in [0.15, 0.2) is 8.68 Å². The van der Waals surface area contributed by atoms with E-state index in [-0.39, 0.29) is 11.2 Å². The van der Waals surface area contributed by atoms with Gasteiger partial charge in [-0.15, -0.1) is 10.2 Å². The van der Waals surface area contributed by atoms with Crippen LogP contribution in [0, 0.1) is 0 Å². The summed E-state index contributed by atoms with van der Waals surface area (Å²) in [5, 5.41) is 11.1. The highest BCUT2D eigenvalue weighted by Crippen LogP contribution is 2.32. The first-order valence-electron chi connectivity index (χ1n) is 9.03. The normalized spacial score (nSPS) is 12.3. The van der Waals surface area contributed by atoms with E-state index in [0.29, 0.717) is 12.5 Å². The maximum absolute atomic E-state index is 12.2. The Morgan fingerprint density at radius 3 is 2.57 bits per heavy atom. The smallest absolute Gasteiger partial charge is 0.233 e. The average Bonchev–Trinajstić information content (AvgIpc) is 3.36. The van der Waals surface area contributed by atoms with E-state index in [2.05, 4.69) is 53.6 Å². The molecule has 28 heavy (non-hydrogen) atoms. The molecule has 1 atom stereocenters. The maximum Gasteiger partial charge on any atom is 0.233 e. The molecule has 0 aliphatic rings. The number of hydrogen-bond acceptors (Lipinski definition) is 7. The van der Waals surface area contributed by atoms with Gasteiger partial charge in [-0.3, -0.25) is 4.79 Å². The minimum Gasteiger partial charge on any atom is -0.467 e. The third-order valence-electron chi connectivity index (χ3n) is 4.06. The summed E-state index contributed by atoms with van der Waals surface area (Å²) in [5.74, 6) is 2.09. The van der Waals surface area contributed by atoms with E-state index in [9.17, 15) is 4.79 Å². The second-order valence-electron chi connectivity index (χ2n) is 6.58.